The summed E-state index contributed by atoms with van der Waals surface area (Å²) >= 11 is 12.2. The molecule has 2 heterocycles. The van der Waals surface area contributed by atoms with E-state index in [0.717, 1.165) is 44.8 Å². The summed E-state index contributed by atoms with van der Waals surface area (Å²) < 4.78 is 0. The van der Waals surface area contributed by atoms with Gasteiger partial charge in [0, 0.05) is 68.7 Å². The van der Waals surface area contributed by atoms with Gasteiger partial charge < -0.3 is 0 Å². The van der Waals surface area contributed by atoms with E-state index in [1.165, 1.54) is 4.90 Å². The molecule has 0 aromatic heterocycles. The number of amides is 2. The first-order valence-electron chi connectivity index (χ1n) is 8.25. The molecule has 0 atom stereocenters. The predicted molar refractivity (Wildman–Crippen MR) is 94.1 cm³/mol. The van der Waals surface area contributed by atoms with E-state index in [-0.39, 0.29) is 11.8 Å². The molecule has 0 N–H and O–H groups in total. The van der Waals surface area contributed by atoms with Gasteiger partial charge >= 0.3 is 0 Å². The zero-order valence-corrected chi connectivity index (χ0v) is 15.0. The van der Waals surface area contributed by atoms with Gasteiger partial charge in [-0.25, -0.2) is 0 Å². The second-order valence-corrected chi connectivity index (χ2v) is 7.14. The number of carbonyl (C=O) groups excluding carboxylic acids is 2. The van der Waals surface area contributed by atoms with Crippen molar-refractivity contribution in [2.75, 3.05) is 39.3 Å². The fourth-order valence-electron chi connectivity index (χ4n) is 3.18. The van der Waals surface area contributed by atoms with Gasteiger partial charge in [0.2, 0.25) is 11.8 Å². The van der Waals surface area contributed by atoms with Gasteiger partial charge in [-0.3, -0.25) is 24.3 Å². The molecule has 0 saturated carbocycles. The lowest BCUT2D eigenvalue weighted by atomic mass is 10.2. The van der Waals surface area contributed by atoms with Crippen molar-refractivity contribution in [3.63, 3.8) is 0 Å². The van der Waals surface area contributed by atoms with Crippen molar-refractivity contribution in [3.8, 4) is 0 Å². The van der Waals surface area contributed by atoms with Crippen LogP contribution in [0, 0.1) is 0 Å². The summed E-state index contributed by atoms with van der Waals surface area (Å²) in [6, 6.07) is 5.61. The van der Waals surface area contributed by atoms with E-state index in [2.05, 4.69) is 9.80 Å². The Morgan fingerprint density at radius 1 is 0.875 bits per heavy atom. The normalized spacial score (nSPS) is 20.2. The van der Waals surface area contributed by atoms with Crippen LogP contribution in [0.1, 0.15) is 18.4 Å². The number of benzene rings is 1. The summed E-state index contributed by atoms with van der Waals surface area (Å²) in [4.78, 5) is 29.3. The topological polar surface area (TPSA) is 43.9 Å². The molecule has 7 heteroatoms. The van der Waals surface area contributed by atoms with Crippen LogP contribution in [0.5, 0.6) is 0 Å². The SMILES string of the molecule is O=C1CCC(=O)N1CCN1CCN(Cc2ccc(Cl)cc2Cl)CC1. The molecular weight excluding hydrogens is 349 g/mol. The Morgan fingerprint density at radius 2 is 1.50 bits per heavy atom. The maximum atomic E-state index is 11.6. The number of piperazine rings is 1. The summed E-state index contributed by atoms with van der Waals surface area (Å²) in [5.41, 5.74) is 1.09. The average molecular weight is 370 g/mol. The molecule has 24 heavy (non-hydrogen) atoms. The van der Waals surface area contributed by atoms with Crippen LogP contribution in [-0.2, 0) is 16.1 Å². The highest BCUT2D eigenvalue weighted by atomic mass is 35.5. The lowest BCUT2D eigenvalue weighted by molar-refractivity contribution is -0.138. The minimum atomic E-state index is -0.0315. The Bertz CT molecular complexity index is 614. The predicted octanol–water partition coefficient (Wildman–Crippen LogP) is 2.26. The van der Waals surface area contributed by atoms with E-state index in [1.807, 2.05) is 12.1 Å². The molecular formula is C17H21Cl2N3O2. The molecule has 0 aliphatic carbocycles. The number of nitrogens with zero attached hydrogens (tertiary/aromatic N) is 3. The van der Waals surface area contributed by atoms with Crippen LogP contribution in [0.3, 0.4) is 0 Å². The van der Waals surface area contributed by atoms with E-state index in [4.69, 9.17) is 23.2 Å². The van der Waals surface area contributed by atoms with Crippen molar-refractivity contribution in [2.24, 2.45) is 0 Å². The Morgan fingerprint density at radius 3 is 2.12 bits per heavy atom. The van der Waals surface area contributed by atoms with Crippen molar-refractivity contribution < 1.29 is 9.59 Å². The minimum Gasteiger partial charge on any atom is -0.299 e. The van der Waals surface area contributed by atoms with E-state index >= 15 is 0 Å². The monoisotopic (exact) mass is 369 g/mol. The molecule has 2 fully saturated rings. The molecule has 0 unspecified atom stereocenters. The van der Waals surface area contributed by atoms with Gasteiger partial charge in [-0.05, 0) is 17.7 Å². The summed E-state index contributed by atoms with van der Waals surface area (Å²) in [7, 11) is 0. The van der Waals surface area contributed by atoms with Gasteiger partial charge in [-0.1, -0.05) is 29.3 Å². The van der Waals surface area contributed by atoms with Crippen LogP contribution in [0.15, 0.2) is 18.2 Å². The quantitative estimate of drug-likeness (QED) is 0.746. The molecule has 0 bridgehead atoms. The first-order chi connectivity index (χ1) is 11.5. The van der Waals surface area contributed by atoms with Gasteiger partial charge in [-0.15, -0.1) is 0 Å². The van der Waals surface area contributed by atoms with Gasteiger partial charge in [-0.2, -0.15) is 0 Å². The van der Waals surface area contributed by atoms with E-state index < -0.39 is 0 Å². The largest absolute Gasteiger partial charge is 0.299 e. The highest BCUT2D eigenvalue weighted by Gasteiger charge is 2.29. The van der Waals surface area contributed by atoms with E-state index in [1.54, 1.807) is 6.07 Å². The number of halogens is 2. The smallest absolute Gasteiger partial charge is 0.229 e. The van der Waals surface area contributed by atoms with Gasteiger partial charge in [0.1, 0.15) is 0 Å². The summed E-state index contributed by atoms with van der Waals surface area (Å²) in [5, 5.41) is 1.36. The molecule has 2 aliphatic rings. The molecule has 1 aromatic rings. The first kappa shape index (κ1) is 17.7. The maximum Gasteiger partial charge on any atom is 0.229 e. The highest BCUT2D eigenvalue weighted by Crippen LogP contribution is 2.22. The molecule has 2 saturated heterocycles. The Hall–Kier alpha value is -1.14. The third-order valence-corrected chi connectivity index (χ3v) is 5.26. The van der Waals surface area contributed by atoms with Gasteiger partial charge in [0.05, 0.1) is 0 Å². The number of likely N-dealkylation sites (tertiary alicyclic amines) is 1. The fraction of sp³-hybridized carbons (Fsp3) is 0.529. The molecule has 1 aromatic carbocycles. The van der Waals surface area contributed by atoms with E-state index in [9.17, 15) is 9.59 Å². The zero-order valence-electron chi connectivity index (χ0n) is 13.5. The van der Waals surface area contributed by atoms with E-state index in [0.29, 0.717) is 29.4 Å². The number of hydrogen-bond donors (Lipinski definition) is 0. The number of carbonyl (C=O) groups is 2. The van der Waals surface area contributed by atoms with Crippen LogP contribution in [0.2, 0.25) is 10.0 Å². The molecule has 0 radical (unpaired) electrons. The van der Waals surface area contributed by atoms with Crippen LogP contribution in [0.25, 0.3) is 0 Å². The zero-order chi connectivity index (χ0) is 17.1. The molecule has 0 spiro atoms. The minimum absolute atomic E-state index is 0.0315. The standard InChI is InChI=1S/C17H21Cl2N3O2/c18-14-2-1-13(15(19)11-14)12-21-7-5-20(6-8-21)9-10-22-16(23)3-4-17(22)24/h1-2,11H,3-10,12H2. The molecule has 130 valence electrons. The third-order valence-electron chi connectivity index (χ3n) is 4.67. The van der Waals surface area contributed by atoms with Crippen LogP contribution < -0.4 is 0 Å². The third kappa shape index (κ3) is 4.28. The van der Waals surface area contributed by atoms with Crippen LogP contribution >= 0.6 is 23.2 Å². The molecule has 2 amide bonds. The van der Waals surface area contributed by atoms with Crippen LogP contribution in [-0.4, -0.2) is 65.8 Å². The van der Waals surface area contributed by atoms with Gasteiger partial charge in [0.15, 0.2) is 0 Å². The fourth-order valence-corrected chi connectivity index (χ4v) is 3.64. The van der Waals surface area contributed by atoms with Crippen molar-refractivity contribution in [1.29, 1.82) is 0 Å². The number of imide groups is 1. The second kappa shape index (κ2) is 7.83. The Labute approximate surface area is 152 Å². The highest BCUT2D eigenvalue weighted by molar-refractivity contribution is 6.35. The summed E-state index contributed by atoms with van der Waals surface area (Å²) in [6.45, 7) is 5.84. The Kier molecular flexibility index (Phi) is 5.76. The van der Waals surface area contributed by atoms with Crippen molar-refractivity contribution in [1.82, 2.24) is 14.7 Å². The first-order valence-corrected chi connectivity index (χ1v) is 9.00. The van der Waals surface area contributed by atoms with Gasteiger partial charge in [0.25, 0.3) is 0 Å². The van der Waals surface area contributed by atoms with Crippen molar-refractivity contribution in [3.05, 3.63) is 33.8 Å². The van der Waals surface area contributed by atoms with Crippen LogP contribution in [0.4, 0.5) is 0 Å². The second-order valence-electron chi connectivity index (χ2n) is 6.29. The summed E-state index contributed by atoms with van der Waals surface area (Å²) in [5.74, 6) is -0.0629. The maximum absolute atomic E-state index is 11.6. The van der Waals surface area contributed by atoms with Crippen molar-refractivity contribution in [2.45, 2.75) is 19.4 Å². The average Bonchev–Trinajstić information content (AvgIpc) is 2.88. The molecule has 2 aliphatic heterocycles. The van der Waals surface area contributed by atoms with Crippen molar-refractivity contribution >= 4 is 35.0 Å². The summed E-state index contributed by atoms with van der Waals surface area (Å²) in [6.07, 6.45) is 0.739. The lowest BCUT2D eigenvalue weighted by Gasteiger charge is -2.35. The molecule has 3 rings (SSSR count). The number of hydrogen-bond acceptors (Lipinski definition) is 4. The number of rotatable bonds is 5. The molecule has 5 nitrogen and oxygen atoms in total. The Balaban J connectivity index is 1.44. The lowest BCUT2D eigenvalue weighted by Crippen LogP contribution is -2.48.